The Balaban J connectivity index is 1.65. The molecule has 2 aliphatic heterocycles. The van der Waals surface area contributed by atoms with Gasteiger partial charge in [-0.05, 0) is 25.0 Å². The molecule has 2 fully saturated rings. The van der Waals surface area contributed by atoms with Crippen LogP contribution in [0, 0.1) is 11.3 Å². The lowest BCUT2D eigenvalue weighted by molar-refractivity contribution is 0.295. The van der Waals surface area contributed by atoms with Crippen molar-refractivity contribution in [3.05, 3.63) is 23.9 Å². The second kappa shape index (κ2) is 6.83. The van der Waals surface area contributed by atoms with Crippen LogP contribution in [0.15, 0.2) is 18.3 Å². The number of rotatable bonds is 3. The third kappa shape index (κ3) is 3.47. The minimum absolute atomic E-state index is 0.456. The highest BCUT2D eigenvalue weighted by Gasteiger charge is 2.33. The highest BCUT2D eigenvalue weighted by molar-refractivity contribution is 7.86. The zero-order valence-electron chi connectivity index (χ0n) is 13.1. The summed E-state index contributed by atoms with van der Waals surface area (Å²) in [7, 11) is -3.34. The van der Waals surface area contributed by atoms with Crippen molar-refractivity contribution in [3.8, 4) is 6.07 Å². The molecule has 0 bridgehead atoms. The minimum atomic E-state index is -3.34. The van der Waals surface area contributed by atoms with Gasteiger partial charge in [0, 0.05) is 45.5 Å². The molecule has 0 aromatic carbocycles. The molecular weight excluding hydrogens is 314 g/mol. The first kappa shape index (κ1) is 16.2. The molecule has 124 valence electrons. The fourth-order valence-corrected chi connectivity index (χ4v) is 4.74. The van der Waals surface area contributed by atoms with Crippen LogP contribution in [0.4, 0.5) is 5.82 Å². The molecule has 2 saturated heterocycles. The van der Waals surface area contributed by atoms with Gasteiger partial charge in [0.1, 0.15) is 5.82 Å². The molecule has 1 aromatic heterocycles. The first-order valence-electron chi connectivity index (χ1n) is 7.97. The van der Waals surface area contributed by atoms with Crippen LogP contribution in [-0.2, 0) is 10.2 Å². The SMILES string of the molecule is N#Cc1ccnc(N2CCN(S(=O)(=O)N3CCCCC3)CC2)c1. The van der Waals surface area contributed by atoms with Crippen molar-refractivity contribution in [2.45, 2.75) is 19.3 Å². The summed E-state index contributed by atoms with van der Waals surface area (Å²) in [4.78, 5) is 6.32. The molecule has 0 saturated carbocycles. The van der Waals surface area contributed by atoms with Crippen LogP contribution in [0.3, 0.4) is 0 Å². The molecule has 7 nitrogen and oxygen atoms in total. The van der Waals surface area contributed by atoms with Gasteiger partial charge in [-0.15, -0.1) is 0 Å². The van der Waals surface area contributed by atoms with Gasteiger partial charge in [-0.25, -0.2) is 4.98 Å². The van der Waals surface area contributed by atoms with E-state index in [-0.39, 0.29) is 0 Å². The van der Waals surface area contributed by atoms with Crippen molar-refractivity contribution < 1.29 is 8.42 Å². The number of piperidine rings is 1. The molecule has 23 heavy (non-hydrogen) atoms. The van der Waals surface area contributed by atoms with E-state index in [1.54, 1.807) is 26.9 Å². The number of hydrogen-bond donors (Lipinski definition) is 0. The van der Waals surface area contributed by atoms with Gasteiger partial charge in [0.05, 0.1) is 11.6 Å². The average Bonchev–Trinajstić information content (AvgIpc) is 2.62. The second-order valence-corrected chi connectivity index (χ2v) is 7.80. The van der Waals surface area contributed by atoms with E-state index in [1.807, 2.05) is 4.90 Å². The van der Waals surface area contributed by atoms with E-state index in [1.165, 1.54) is 0 Å². The van der Waals surface area contributed by atoms with Gasteiger partial charge in [-0.2, -0.15) is 22.3 Å². The normalized spacial score (nSPS) is 21.1. The molecule has 0 unspecified atom stereocenters. The quantitative estimate of drug-likeness (QED) is 0.816. The average molecular weight is 335 g/mol. The van der Waals surface area contributed by atoms with E-state index in [0.717, 1.165) is 25.1 Å². The van der Waals surface area contributed by atoms with Crippen LogP contribution in [0.5, 0.6) is 0 Å². The molecule has 8 heteroatoms. The Morgan fingerprint density at radius 2 is 1.65 bits per heavy atom. The Morgan fingerprint density at radius 3 is 2.30 bits per heavy atom. The number of piperazine rings is 1. The summed E-state index contributed by atoms with van der Waals surface area (Å²) < 4.78 is 28.5. The Bertz CT molecular complexity index is 686. The molecule has 1 aromatic rings. The van der Waals surface area contributed by atoms with Gasteiger partial charge < -0.3 is 4.90 Å². The fraction of sp³-hybridized carbons (Fsp3) is 0.600. The van der Waals surface area contributed by atoms with Gasteiger partial charge in [0.15, 0.2) is 0 Å². The second-order valence-electron chi connectivity index (χ2n) is 5.87. The van der Waals surface area contributed by atoms with E-state index in [2.05, 4.69) is 11.1 Å². The minimum Gasteiger partial charge on any atom is -0.354 e. The van der Waals surface area contributed by atoms with Crippen molar-refractivity contribution in [3.63, 3.8) is 0 Å². The molecule has 0 atom stereocenters. The molecule has 3 heterocycles. The summed E-state index contributed by atoms with van der Waals surface area (Å²) in [5, 5.41) is 8.96. The summed E-state index contributed by atoms with van der Waals surface area (Å²) in [6.45, 7) is 3.36. The number of nitriles is 1. The predicted octanol–water partition coefficient (Wildman–Crippen LogP) is 0.806. The lowest BCUT2D eigenvalue weighted by Crippen LogP contribution is -2.54. The van der Waals surface area contributed by atoms with Crippen LogP contribution in [-0.4, -0.2) is 61.3 Å². The zero-order chi connectivity index (χ0) is 16.3. The summed E-state index contributed by atoms with van der Waals surface area (Å²) in [5.74, 6) is 0.735. The monoisotopic (exact) mass is 335 g/mol. The van der Waals surface area contributed by atoms with E-state index >= 15 is 0 Å². The number of hydrogen-bond acceptors (Lipinski definition) is 5. The van der Waals surface area contributed by atoms with Crippen LogP contribution in [0.2, 0.25) is 0 Å². The first-order valence-corrected chi connectivity index (χ1v) is 9.37. The number of pyridine rings is 1. The van der Waals surface area contributed by atoms with E-state index in [4.69, 9.17) is 5.26 Å². The van der Waals surface area contributed by atoms with Gasteiger partial charge in [0.25, 0.3) is 10.2 Å². The van der Waals surface area contributed by atoms with Gasteiger partial charge in [0.2, 0.25) is 0 Å². The van der Waals surface area contributed by atoms with Crippen molar-refractivity contribution in [2.24, 2.45) is 0 Å². The Labute approximate surface area is 137 Å². The van der Waals surface area contributed by atoms with E-state index in [0.29, 0.717) is 44.8 Å². The highest BCUT2D eigenvalue weighted by Crippen LogP contribution is 2.20. The molecular formula is C15H21N5O2S. The molecule has 0 radical (unpaired) electrons. The highest BCUT2D eigenvalue weighted by atomic mass is 32.2. The molecule has 0 N–H and O–H groups in total. The van der Waals surface area contributed by atoms with Crippen LogP contribution in [0.1, 0.15) is 24.8 Å². The maximum atomic E-state index is 12.7. The maximum absolute atomic E-state index is 12.7. The molecule has 0 spiro atoms. The third-order valence-electron chi connectivity index (χ3n) is 4.40. The number of nitrogens with zero attached hydrogens (tertiary/aromatic N) is 5. The lowest BCUT2D eigenvalue weighted by atomic mass is 10.2. The summed E-state index contributed by atoms with van der Waals surface area (Å²) >= 11 is 0. The number of aromatic nitrogens is 1. The van der Waals surface area contributed by atoms with Gasteiger partial charge >= 0.3 is 0 Å². The Hall–Kier alpha value is -1.69. The van der Waals surface area contributed by atoms with Gasteiger partial charge in [-0.1, -0.05) is 6.42 Å². The third-order valence-corrected chi connectivity index (χ3v) is 6.44. The Kier molecular flexibility index (Phi) is 4.80. The smallest absolute Gasteiger partial charge is 0.282 e. The van der Waals surface area contributed by atoms with E-state index in [9.17, 15) is 8.42 Å². The van der Waals surface area contributed by atoms with Crippen molar-refractivity contribution in [1.29, 1.82) is 5.26 Å². The molecule has 0 aliphatic carbocycles. The maximum Gasteiger partial charge on any atom is 0.282 e. The van der Waals surface area contributed by atoms with Gasteiger partial charge in [-0.3, -0.25) is 0 Å². The molecule has 2 aliphatic rings. The zero-order valence-corrected chi connectivity index (χ0v) is 13.9. The summed E-state index contributed by atoms with van der Waals surface area (Å²) in [6, 6.07) is 5.51. The summed E-state index contributed by atoms with van der Waals surface area (Å²) in [5.41, 5.74) is 0.568. The molecule has 3 rings (SSSR count). The fourth-order valence-electron chi connectivity index (χ4n) is 3.07. The molecule has 0 amide bonds. The van der Waals surface area contributed by atoms with Crippen molar-refractivity contribution >= 4 is 16.0 Å². The van der Waals surface area contributed by atoms with Crippen molar-refractivity contribution in [1.82, 2.24) is 13.6 Å². The van der Waals surface area contributed by atoms with E-state index < -0.39 is 10.2 Å². The van der Waals surface area contributed by atoms with Crippen LogP contribution >= 0.6 is 0 Å². The topological polar surface area (TPSA) is 80.5 Å². The lowest BCUT2D eigenvalue weighted by Gasteiger charge is -2.38. The Morgan fingerprint density at radius 1 is 1.00 bits per heavy atom. The summed E-state index contributed by atoms with van der Waals surface area (Å²) in [6.07, 6.45) is 4.62. The van der Waals surface area contributed by atoms with Crippen LogP contribution in [0.25, 0.3) is 0 Å². The standard InChI is InChI=1S/C15H21N5O2S/c16-13-14-4-5-17-15(12-14)18-8-10-20(11-9-18)23(21,22)19-6-2-1-3-7-19/h4-5,12H,1-3,6-11H2. The predicted molar refractivity (Wildman–Crippen MR) is 87.1 cm³/mol. The number of anilines is 1. The van der Waals surface area contributed by atoms with Crippen molar-refractivity contribution in [2.75, 3.05) is 44.2 Å². The largest absolute Gasteiger partial charge is 0.354 e. The first-order chi connectivity index (χ1) is 11.1. The van der Waals surface area contributed by atoms with Crippen LogP contribution < -0.4 is 4.90 Å².